The number of nitrogens with zero attached hydrogens (tertiary/aromatic N) is 3. The quantitative estimate of drug-likeness (QED) is 0.577. The lowest BCUT2D eigenvalue weighted by Crippen LogP contribution is -2.41. The summed E-state index contributed by atoms with van der Waals surface area (Å²) in [6.07, 6.45) is 5.36. The van der Waals surface area contributed by atoms with Gasteiger partial charge in [0, 0.05) is 6.20 Å². The SMILES string of the molecule is COc1cc(/C=C2\OCCN([C@@H](C)c3ccc(F)cc3)C2=O)ccc1-n1cnc(C)c1. The smallest absolute Gasteiger partial charge is 0.289 e. The molecule has 7 heteroatoms. The molecular formula is C24H24FN3O3. The molecule has 160 valence electrons. The number of benzene rings is 2. The lowest BCUT2D eigenvalue weighted by molar-refractivity contribution is -0.137. The molecule has 1 aliphatic rings. The van der Waals surface area contributed by atoms with Gasteiger partial charge >= 0.3 is 0 Å². The van der Waals surface area contributed by atoms with E-state index in [2.05, 4.69) is 4.98 Å². The Morgan fingerprint density at radius 2 is 2.00 bits per heavy atom. The van der Waals surface area contributed by atoms with Crippen LogP contribution in [0.5, 0.6) is 5.75 Å². The predicted octanol–water partition coefficient (Wildman–Crippen LogP) is 4.29. The van der Waals surface area contributed by atoms with Gasteiger partial charge in [-0.3, -0.25) is 4.79 Å². The van der Waals surface area contributed by atoms with E-state index in [4.69, 9.17) is 9.47 Å². The molecule has 3 aromatic rings. The van der Waals surface area contributed by atoms with Crippen molar-refractivity contribution in [2.24, 2.45) is 0 Å². The number of aryl methyl sites for hydroxylation is 1. The third kappa shape index (κ3) is 4.30. The number of morpholine rings is 1. The van der Waals surface area contributed by atoms with Crippen LogP contribution in [0.4, 0.5) is 4.39 Å². The molecule has 2 heterocycles. The molecule has 31 heavy (non-hydrogen) atoms. The van der Waals surface area contributed by atoms with Crippen LogP contribution in [0.3, 0.4) is 0 Å². The number of aromatic nitrogens is 2. The first-order valence-corrected chi connectivity index (χ1v) is 10.1. The van der Waals surface area contributed by atoms with Crippen molar-refractivity contribution in [2.45, 2.75) is 19.9 Å². The predicted molar refractivity (Wildman–Crippen MR) is 115 cm³/mol. The van der Waals surface area contributed by atoms with Crippen molar-refractivity contribution in [2.75, 3.05) is 20.3 Å². The van der Waals surface area contributed by atoms with Gasteiger partial charge in [-0.15, -0.1) is 0 Å². The molecule has 1 aromatic heterocycles. The molecule has 2 aromatic carbocycles. The Kier molecular flexibility index (Phi) is 5.75. The molecule has 0 radical (unpaired) electrons. The molecule has 6 nitrogen and oxygen atoms in total. The van der Waals surface area contributed by atoms with Gasteiger partial charge in [-0.05, 0) is 55.3 Å². The summed E-state index contributed by atoms with van der Waals surface area (Å²) in [6.45, 7) is 4.72. The van der Waals surface area contributed by atoms with E-state index in [-0.39, 0.29) is 23.5 Å². The summed E-state index contributed by atoms with van der Waals surface area (Å²) >= 11 is 0. The maximum Gasteiger partial charge on any atom is 0.289 e. The highest BCUT2D eigenvalue weighted by Crippen LogP contribution is 2.28. The summed E-state index contributed by atoms with van der Waals surface area (Å²) in [6, 6.07) is 11.7. The molecule has 1 atom stereocenters. The Labute approximate surface area is 180 Å². The number of amides is 1. The molecule has 0 N–H and O–H groups in total. The summed E-state index contributed by atoms with van der Waals surface area (Å²) in [7, 11) is 1.61. The molecular weight excluding hydrogens is 397 g/mol. The first kappa shape index (κ1) is 20.7. The Bertz CT molecular complexity index is 1120. The van der Waals surface area contributed by atoms with Crippen LogP contribution in [0.2, 0.25) is 0 Å². The fourth-order valence-corrected chi connectivity index (χ4v) is 3.65. The molecule has 0 spiro atoms. The minimum Gasteiger partial charge on any atom is -0.495 e. The van der Waals surface area contributed by atoms with Crippen molar-refractivity contribution in [3.8, 4) is 11.4 Å². The van der Waals surface area contributed by atoms with Crippen LogP contribution in [0.1, 0.15) is 29.8 Å². The highest BCUT2D eigenvalue weighted by atomic mass is 19.1. The molecule has 1 saturated heterocycles. The highest BCUT2D eigenvalue weighted by molar-refractivity contribution is 5.96. The van der Waals surface area contributed by atoms with Gasteiger partial charge in [-0.25, -0.2) is 9.37 Å². The normalized spacial score (nSPS) is 16.3. The topological polar surface area (TPSA) is 56.6 Å². The van der Waals surface area contributed by atoms with E-state index in [1.54, 1.807) is 36.5 Å². The second kappa shape index (κ2) is 8.63. The number of imidazole rings is 1. The van der Waals surface area contributed by atoms with Crippen LogP contribution in [0, 0.1) is 12.7 Å². The average molecular weight is 421 g/mol. The number of carbonyl (C=O) groups excluding carboxylic acids is 1. The van der Waals surface area contributed by atoms with Gasteiger partial charge in [-0.1, -0.05) is 18.2 Å². The molecule has 4 rings (SSSR count). The Morgan fingerprint density at radius 1 is 1.23 bits per heavy atom. The van der Waals surface area contributed by atoms with Crippen molar-refractivity contribution in [3.63, 3.8) is 0 Å². The van der Waals surface area contributed by atoms with Crippen molar-refractivity contribution in [1.29, 1.82) is 0 Å². The first-order chi connectivity index (χ1) is 15.0. The molecule has 1 amide bonds. The van der Waals surface area contributed by atoms with E-state index >= 15 is 0 Å². The molecule has 0 bridgehead atoms. The van der Waals surface area contributed by atoms with E-state index in [0.717, 1.165) is 22.5 Å². The number of rotatable bonds is 5. The van der Waals surface area contributed by atoms with E-state index in [9.17, 15) is 9.18 Å². The van der Waals surface area contributed by atoms with Gasteiger partial charge < -0.3 is 18.9 Å². The minimum absolute atomic E-state index is 0.193. The second-order valence-corrected chi connectivity index (χ2v) is 7.44. The maximum atomic E-state index is 13.2. The van der Waals surface area contributed by atoms with Crippen LogP contribution in [0.25, 0.3) is 11.8 Å². The summed E-state index contributed by atoms with van der Waals surface area (Å²) < 4.78 is 26.4. The molecule has 1 fully saturated rings. The molecule has 0 unspecified atom stereocenters. The first-order valence-electron chi connectivity index (χ1n) is 10.1. The van der Waals surface area contributed by atoms with Gasteiger partial charge in [0.15, 0.2) is 5.76 Å². The minimum atomic E-state index is -0.298. The van der Waals surface area contributed by atoms with Gasteiger partial charge in [0.1, 0.15) is 18.2 Å². The summed E-state index contributed by atoms with van der Waals surface area (Å²) in [4.78, 5) is 19.1. The standard InChI is InChI=1S/C24H24FN3O3/c1-16-14-27(15-26-16)21-9-4-18(12-22(21)30-3)13-23-24(29)28(10-11-31-23)17(2)19-5-7-20(25)8-6-19/h4-9,12-15,17H,10-11H2,1-3H3/b23-13-/t17-/m0/s1. The van der Waals surface area contributed by atoms with Crippen LogP contribution in [-0.2, 0) is 9.53 Å². The number of ether oxygens (including phenoxy) is 2. The largest absolute Gasteiger partial charge is 0.495 e. The van der Waals surface area contributed by atoms with Crippen LogP contribution in [0.15, 0.2) is 60.7 Å². The lowest BCUT2D eigenvalue weighted by atomic mass is 10.1. The number of hydrogen-bond acceptors (Lipinski definition) is 4. The Balaban J connectivity index is 1.59. The summed E-state index contributed by atoms with van der Waals surface area (Å²) in [5, 5.41) is 0. The third-order valence-corrected chi connectivity index (χ3v) is 5.37. The van der Waals surface area contributed by atoms with Crippen molar-refractivity contribution < 1.29 is 18.7 Å². The zero-order chi connectivity index (χ0) is 22.0. The number of methoxy groups -OCH3 is 1. The van der Waals surface area contributed by atoms with Gasteiger partial charge in [0.05, 0.1) is 37.4 Å². The monoisotopic (exact) mass is 421 g/mol. The van der Waals surface area contributed by atoms with Gasteiger partial charge in [-0.2, -0.15) is 0 Å². The van der Waals surface area contributed by atoms with Crippen LogP contribution in [-0.4, -0.2) is 40.6 Å². The average Bonchev–Trinajstić information content (AvgIpc) is 3.21. The molecule has 0 saturated carbocycles. The van der Waals surface area contributed by atoms with Crippen LogP contribution < -0.4 is 4.74 Å². The Morgan fingerprint density at radius 3 is 2.68 bits per heavy atom. The van der Waals surface area contributed by atoms with E-state index < -0.39 is 0 Å². The summed E-state index contributed by atoms with van der Waals surface area (Å²) in [5.74, 6) is 0.435. The third-order valence-electron chi connectivity index (χ3n) is 5.37. The number of hydrogen-bond donors (Lipinski definition) is 0. The number of carbonyl (C=O) groups is 1. The second-order valence-electron chi connectivity index (χ2n) is 7.44. The van der Waals surface area contributed by atoms with Gasteiger partial charge in [0.2, 0.25) is 0 Å². The van der Waals surface area contributed by atoms with E-state index in [0.29, 0.717) is 18.9 Å². The molecule has 0 aliphatic carbocycles. The van der Waals surface area contributed by atoms with E-state index in [1.807, 2.05) is 42.8 Å². The fourth-order valence-electron chi connectivity index (χ4n) is 3.65. The van der Waals surface area contributed by atoms with Crippen molar-refractivity contribution >= 4 is 12.0 Å². The van der Waals surface area contributed by atoms with Crippen LogP contribution >= 0.6 is 0 Å². The molecule has 1 aliphatic heterocycles. The zero-order valence-electron chi connectivity index (χ0n) is 17.7. The zero-order valence-corrected chi connectivity index (χ0v) is 17.7. The summed E-state index contributed by atoms with van der Waals surface area (Å²) in [5.41, 5.74) is 3.42. The highest BCUT2D eigenvalue weighted by Gasteiger charge is 2.29. The van der Waals surface area contributed by atoms with Crippen molar-refractivity contribution in [3.05, 3.63) is 83.4 Å². The fraction of sp³-hybridized carbons (Fsp3) is 0.250. The lowest BCUT2D eigenvalue weighted by Gasteiger charge is -2.34. The van der Waals surface area contributed by atoms with Crippen molar-refractivity contribution in [1.82, 2.24) is 14.5 Å². The maximum absolute atomic E-state index is 13.2. The van der Waals surface area contributed by atoms with E-state index in [1.165, 1.54) is 12.1 Å². The Hall–Kier alpha value is -3.61. The number of halogens is 1. The van der Waals surface area contributed by atoms with Gasteiger partial charge in [0.25, 0.3) is 5.91 Å².